The highest BCUT2D eigenvalue weighted by Gasteiger charge is 2.22. The fourth-order valence-electron chi connectivity index (χ4n) is 2.95. The van der Waals surface area contributed by atoms with Crippen molar-refractivity contribution < 1.29 is 18.9 Å². The monoisotopic (exact) mass is 482 g/mol. The molecule has 0 aliphatic heterocycles. The van der Waals surface area contributed by atoms with Gasteiger partial charge in [0.2, 0.25) is 11.6 Å². The number of hydrogen-bond donors (Lipinski definition) is 2. The van der Waals surface area contributed by atoms with Crippen LogP contribution < -0.4 is 20.6 Å². The van der Waals surface area contributed by atoms with Gasteiger partial charge in [-0.3, -0.25) is 4.79 Å². The minimum atomic E-state index is -0.573. The number of rotatable bonds is 8. The minimum absolute atomic E-state index is 0.0343. The number of nitrogen functional groups attached to an aromatic ring is 1. The van der Waals surface area contributed by atoms with E-state index in [1.54, 1.807) is 37.3 Å². The minimum Gasteiger partial charge on any atom is -0.493 e. The number of nitrogens with zero attached hydrogens (tertiary/aromatic N) is 6. The standard InChI is InChI=1S/C21H19ClN8O4/c1-12-18(30(29-25-12)20-19(23)27-34-28-20)21(31)26-24-10-14-5-8-16(17(9-14)32-2)33-11-13-3-6-15(22)7-4-13/h3-10H,11H2,1-2H3,(H2,23,27)(H,26,31)/b24-10-. The van der Waals surface area contributed by atoms with Crippen LogP contribution in [0.2, 0.25) is 5.02 Å². The average molecular weight is 483 g/mol. The number of aryl methyl sites for hydroxylation is 1. The SMILES string of the molecule is COc1cc(/C=N\NC(=O)c2c(C)nnn2-c2nonc2N)ccc1OCc1ccc(Cl)cc1. The molecule has 0 fully saturated rings. The molecule has 0 aliphatic carbocycles. The molecule has 13 heteroatoms. The highest BCUT2D eigenvalue weighted by molar-refractivity contribution is 6.30. The molecular weight excluding hydrogens is 464 g/mol. The molecule has 0 bridgehead atoms. The Morgan fingerprint density at radius 2 is 2.03 bits per heavy atom. The lowest BCUT2D eigenvalue weighted by molar-refractivity contribution is 0.0946. The number of nitrogens with two attached hydrogens (primary N) is 1. The third-order valence-electron chi connectivity index (χ3n) is 4.62. The zero-order valence-electron chi connectivity index (χ0n) is 18.1. The fraction of sp³-hybridized carbons (Fsp3) is 0.143. The van der Waals surface area contributed by atoms with Crippen molar-refractivity contribution in [2.75, 3.05) is 12.8 Å². The summed E-state index contributed by atoms with van der Waals surface area (Å²) in [5.74, 6) is 0.511. The maximum atomic E-state index is 12.7. The molecule has 12 nitrogen and oxygen atoms in total. The molecule has 0 saturated carbocycles. The van der Waals surface area contributed by atoms with Gasteiger partial charge in [-0.1, -0.05) is 28.9 Å². The van der Waals surface area contributed by atoms with Crippen LogP contribution in [-0.4, -0.2) is 44.5 Å². The summed E-state index contributed by atoms with van der Waals surface area (Å²) in [7, 11) is 1.54. The molecule has 2 aromatic carbocycles. The number of carbonyl (C=O) groups excluding carboxylic acids is 1. The van der Waals surface area contributed by atoms with E-state index in [1.807, 2.05) is 12.1 Å². The molecule has 0 radical (unpaired) electrons. The third kappa shape index (κ3) is 4.96. The van der Waals surface area contributed by atoms with Crippen molar-refractivity contribution in [3.8, 4) is 17.3 Å². The second kappa shape index (κ2) is 10.0. The predicted molar refractivity (Wildman–Crippen MR) is 122 cm³/mol. The smallest absolute Gasteiger partial charge is 0.292 e. The summed E-state index contributed by atoms with van der Waals surface area (Å²) in [6, 6.07) is 12.6. The first-order chi connectivity index (χ1) is 16.5. The molecule has 0 saturated heterocycles. The lowest BCUT2D eigenvalue weighted by atomic mass is 10.2. The van der Waals surface area contributed by atoms with Gasteiger partial charge >= 0.3 is 0 Å². The molecule has 3 N–H and O–H groups in total. The maximum Gasteiger partial charge on any atom is 0.292 e. The van der Waals surface area contributed by atoms with Gasteiger partial charge in [0.25, 0.3) is 5.91 Å². The highest BCUT2D eigenvalue weighted by Crippen LogP contribution is 2.28. The van der Waals surface area contributed by atoms with Crippen LogP contribution >= 0.6 is 11.6 Å². The number of hydrogen-bond acceptors (Lipinski definition) is 10. The quantitative estimate of drug-likeness (QED) is 0.284. The van der Waals surface area contributed by atoms with Gasteiger partial charge in [-0.05, 0) is 58.7 Å². The fourth-order valence-corrected chi connectivity index (χ4v) is 3.07. The second-order valence-corrected chi connectivity index (χ2v) is 7.37. The van der Waals surface area contributed by atoms with Crippen LogP contribution in [0.4, 0.5) is 5.82 Å². The number of amides is 1. The topological polar surface area (TPSA) is 156 Å². The van der Waals surface area contributed by atoms with Gasteiger partial charge in [0.1, 0.15) is 6.61 Å². The summed E-state index contributed by atoms with van der Waals surface area (Å²) in [4.78, 5) is 12.7. The predicted octanol–water partition coefficient (Wildman–Crippen LogP) is 2.55. The second-order valence-electron chi connectivity index (χ2n) is 6.93. The Bertz CT molecular complexity index is 1330. The zero-order valence-corrected chi connectivity index (χ0v) is 18.9. The van der Waals surface area contributed by atoms with E-state index in [1.165, 1.54) is 13.3 Å². The number of benzene rings is 2. The number of methoxy groups -OCH3 is 1. The normalized spacial score (nSPS) is 11.0. The van der Waals surface area contributed by atoms with E-state index in [0.717, 1.165) is 10.2 Å². The summed E-state index contributed by atoms with van der Waals surface area (Å²) in [6.45, 7) is 1.96. The summed E-state index contributed by atoms with van der Waals surface area (Å²) in [6.07, 6.45) is 1.46. The van der Waals surface area contributed by atoms with Gasteiger partial charge in [-0.25, -0.2) is 10.1 Å². The summed E-state index contributed by atoms with van der Waals surface area (Å²) >= 11 is 5.91. The molecule has 2 heterocycles. The van der Waals surface area contributed by atoms with E-state index in [9.17, 15) is 4.79 Å². The van der Waals surface area contributed by atoms with E-state index >= 15 is 0 Å². The molecule has 2 aromatic heterocycles. The average Bonchev–Trinajstić information content (AvgIpc) is 3.43. The van der Waals surface area contributed by atoms with Crippen LogP contribution in [0.1, 0.15) is 27.3 Å². The lowest BCUT2D eigenvalue weighted by Gasteiger charge is -2.11. The van der Waals surface area contributed by atoms with Gasteiger partial charge in [0.05, 0.1) is 19.0 Å². The Balaban J connectivity index is 1.43. The zero-order chi connectivity index (χ0) is 24.1. The summed E-state index contributed by atoms with van der Waals surface area (Å²) in [5.41, 5.74) is 10.2. The number of ether oxygens (including phenoxy) is 2. The van der Waals surface area contributed by atoms with E-state index in [0.29, 0.717) is 34.4 Å². The Kier molecular flexibility index (Phi) is 6.69. The molecule has 0 spiro atoms. The van der Waals surface area contributed by atoms with E-state index < -0.39 is 5.91 Å². The first-order valence-electron chi connectivity index (χ1n) is 9.85. The molecule has 0 unspecified atom stereocenters. The molecular formula is C21H19ClN8O4. The van der Waals surface area contributed by atoms with Gasteiger partial charge in [-0.15, -0.1) is 5.10 Å². The first-order valence-corrected chi connectivity index (χ1v) is 10.2. The van der Waals surface area contributed by atoms with Crippen LogP contribution in [0, 0.1) is 6.92 Å². The molecule has 34 heavy (non-hydrogen) atoms. The molecule has 0 atom stereocenters. The van der Waals surface area contributed by atoms with Crippen molar-refractivity contribution in [2.24, 2.45) is 5.10 Å². The van der Waals surface area contributed by atoms with E-state index in [2.05, 4.69) is 35.8 Å². The Morgan fingerprint density at radius 1 is 1.24 bits per heavy atom. The Hall–Kier alpha value is -4.45. The van der Waals surface area contributed by atoms with E-state index in [4.69, 9.17) is 26.8 Å². The van der Waals surface area contributed by atoms with Crippen molar-refractivity contribution >= 4 is 29.5 Å². The van der Waals surface area contributed by atoms with Gasteiger partial charge in [-0.2, -0.15) is 9.78 Å². The number of aromatic nitrogens is 5. The van der Waals surface area contributed by atoms with Crippen LogP contribution in [0.5, 0.6) is 11.5 Å². The van der Waals surface area contributed by atoms with Crippen molar-refractivity contribution in [3.05, 3.63) is 70.0 Å². The van der Waals surface area contributed by atoms with Crippen molar-refractivity contribution in [2.45, 2.75) is 13.5 Å². The van der Waals surface area contributed by atoms with Crippen molar-refractivity contribution in [1.29, 1.82) is 0 Å². The summed E-state index contributed by atoms with van der Waals surface area (Å²) < 4.78 is 16.9. The molecule has 174 valence electrons. The van der Waals surface area contributed by atoms with Gasteiger partial charge in [0.15, 0.2) is 17.2 Å². The van der Waals surface area contributed by atoms with E-state index in [-0.39, 0.29) is 17.3 Å². The molecule has 0 aliphatic rings. The van der Waals surface area contributed by atoms with Crippen LogP contribution in [-0.2, 0) is 6.61 Å². The number of anilines is 1. The van der Waals surface area contributed by atoms with Crippen LogP contribution in [0.15, 0.2) is 52.2 Å². The number of hydrazone groups is 1. The van der Waals surface area contributed by atoms with Gasteiger partial charge < -0.3 is 15.2 Å². The van der Waals surface area contributed by atoms with Gasteiger partial charge in [0, 0.05) is 5.02 Å². The maximum absolute atomic E-state index is 12.7. The number of carbonyl (C=O) groups is 1. The summed E-state index contributed by atoms with van der Waals surface area (Å²) in [5, 5.41) is 19.5. The first kappa shape index (κ1) is 22.7. The third-order valence-corrected chi connectivity index (χ3v) is 4.88. The number of halogens is 1. The Labute approximate surface area is 198 Å². The lowest BCUT2D eigenvalue weighted by Crippen LogP contribution is -2.22. The molecule has 4 rings (SSSR count). The van der Waals surface area contributed by atoms with Crippen molar-refractivity contribution in [1.82, 2.24) is 30.7 Å². The van der Waals surface area contributed by atoms with Crippen molar-refractivity contribution in [3.63, 3.8) is 0 Å². The largest absolute Gasteiger partial charge is 0.493 e. The Morgan fingerprint density at radius 3 is 2.74 bits per heavy atom. The highest BCUT2D eigenvalue weighted by atomic mass is 35.5. The molecule has 1 amide bonds. The number of nitrogens with one attached hydrogen (secondary N) is 1. The molecule has 4 aromatic rings. The van der Waals surface area contributed by atoms with Crippen LogP contribution in [0.25, 0.3) is 5.82 Å². The van der Waals surface area contributed by atoms with Crippen LogP contribution in [0.3, 0.4) is 0 Å².